The van der Waals surface area contributed by atoms with Gasteiger partial charge >= 0.3 is 0 Å². The SMILES string of the molecule is O=C(CC1CCCC1)N1CCCC[C@@H](NS(=O)(=O)c2cccs2)C1. The van der Waals surface area contributed by atoms with Crippen LogP contribution in [-0.4, -0.2) is 38.4 Å². The summed E-state index contributed by atoms with van der Waals surface area (Å²) in [5.41, 5.74) is 0. The molecule has 134 valence electrons. The molecule has 5 nitrogen and oxygen atoms in total. The Morgan fingerprint density at radius 2 is 1.96 bits per heavy atom. The van der Waals surface area contributed by atoms with E-state index in [9.17, 15) is 13.2 Å². The summed E-state index contributed by atoms with van der Waals surface area (Å²) in [6, 6.07) is 3.17. The molecule has 1 N–H and O–H groups in total. The average Bonchev–Trinajstić information content (AvgIpc) is 3.19. The molecule has 2 fully saturated rings. The van der Waals surface area contributed by atoms with Crippen molar-refractivity contribution in [3.8, 4) is 0 Å². The lowest BCUT2D eigenvalue weighted by Gasteiger charge is -2.26. The third kappa shape index (κ3) is 4.58. The summed E-state index contributed by atoms with van der Waals surface area (Å²) in [5, 5.41) is 1.76. The monoisotopic (exact) mass is 370 g/mol. The molecule has 0 aromatic carbocycles. The Bertz CT molecular complexity index is 637. The highest BCUT2D eigenvalue weighted by atomic mass is 32.2. The van der Waals surface area contributed by atoms with Crippen molar-refractivity contribution in [2.75, 3.05) is 13.1 Å². The van der Waals surface area contributed by atoms with Gasteiger partial charge in [0.05, 0.1) is 0 Å². The molecule has 2 heterocycles. The van der Waals surface area contributed by atoms with Gasteiger partial charge in [-0.3, -0.25) is 4.79 Å². The lowest BCUT2D eigenvalue weighted by Crippen LogP contribution is -2.44. The lowest BCUT2D eigenvalue weighted by molar-refractivity contribution is -0.132. The molecule has 2 aliphatic rings. The molecule has 0 spiro atoms. The van der Waals surface area contributed by atoms with E-state index in [1.165, 1.54) is 24.2 Å². The fourth-order valence-corrected chi connectivity index (χ4v) is 6.02. The molecule has 7 heteroatoms. The van der Waals surface area contributed by atoms with Gasteiger partial charge in [0.2, 0.25) is 15.9 Å². The van der Waals surface area contributed by atoms with E-state index in [0.717, 1.165) is 38.6 Å². The first-order valence-electron chi connectivity index (χ1n) is 8.88. The minimum absolute atomic E-state index is 0.188. The third-order valence-corrected chi connectivity index (χ3v) is 7.96. The number of nitrogens with zero attached hydrogens (tertiary/aromatic N) is 1. The van der Waals surface area contributed by atoms with Crippen molar-refractivity contribution >= 4 is 27.3 Å². The molecule has 0 radical (unpaired) electrons. The summed E-state index contributed by atoms with van der Waals surface area (Å²) < 4.78 is 28.0. The number of rotatable bonds is 5. The number of amides is 1. The highest BCUT2D eigenvalue weighted by Gasteiger charge is 2.28. The van der Waals surface area contributed by atoms with Crippen LogP contribution in [0.2, 0.25) is 0 Å². The Morgan fingerprint density at radius 1 is 1.21 bits per heavy atom. The Balaban J connectivity index is 1.61. The molecule has 0 unspecified atom stereocenters. The molecule has 1 atom stereocenters. The summed E-state index contributed by atoms with van der Waals surface area (Å²) >= 11 is 1.22. The van der Waals surface area contributed by atoms with Crippen LogP contribution in [0.5, 0.6) is 0 Å². The van der Waals surface area contributed by atoms with Crippen LogP contribution in [0.15, 0.2) is 21.7 Å². The van der Waals surface area contributed by atoms with E-state index in [-0.39, 0.29) is 11.9 Å². The van der Waals surface area contributed by atoms with Gasteiger partial charge in [-0.05, 0) is 43.0 Å². The molecule has 1 aromatic heterocycles. The molecular formula is C17H26N2O3S2. The number of sulfonamides is 1. The highest BCUT2D eigenvalue weighted by molar-refractivity contribution is 7.91. The molecule has 1 amide bonds. The van der Waals surface area contributed by atoms with E-state index in [0.29, 0.717) is 23.1 Å². The van der Waals surface area contributed by atoms with Gasteiger partial charge in [-0.15, -0.1) is 11.3 Å². The van der Waals surface area contributed by atoms with Crippen LogP contribution >= 0.6 is 11.3 Å². The first kappa shape index (κ1) is 17.9. The number of nitrogens with one attached hydrogen (secondary N) is 1. The lowest BCUT2D eigenvalue weighted by atomic mass is 10.0. The van der Waals surface area contributed by atoms with Crippen molar-refractivity contribution in [1.29, 1.82) is 0 Å². The van der Waals surface area contributed by atoms with E-state index in [4.69, 9.17) is 0 Å². The maximum atomic E-state index is 12.6. The normalized spacial score (nSPS) is 23.3. The standard InChI is InChI=1S/C17H26N2O3S2/c20-16(12-14-6-1-2-7-14)19-10-4-3-8-15(13-19)18-24(21,22)17-9-5-11-23-17/h5,9,11,14-15,18H,1-4,6-8,10,12-13H2/t15-/m1/s1. The van der Waals surface area contributed by atoms with E-state index >= 15 is 0 Å². The molecule has 1 saturated heterocycles. The van der Waals surface area contributed by atoms with Gasteiger partial charge in [0, 0.05) is 25.6 Å². The fourth-order valence-electron chi connectivity index (χ4n) is 3.75. The van der Waals surface area contributed by atoms with E-state index < -0.39 is 10.0 Å². The van der Waals surface area contributed by atoms with Gasteiger partial charge in [-0.25, -0.2) is 13.1 Å². The highest BCUT2D eigenvalue weighted by Crippen LogP contribution is 2.28. The second kappa shape index (κ2) is 7.97. The zero-order valence-electron chi connectivity index (χ0n) is 13.9. The molecule has 1 aliphatic heterocycles. The largest absolute Gasteiger partial charge is 0.341 e. The van der Waals surface area contributed by atoms with Gasteiger partial charge in [0.1, 0.15) is 4.21 Å². The number of thiophene rings is 1. The van der Waals surface area contributed by atoms with Gasteiger partial charge in [-0.2, -0.15) is 0 Å². The Morgan fingerprint density at radius 3 is 2.67 bits per heavy atom. The summed E-state index contributed by atoms with van der Waals surface area (Å²) in [4.78, 5) is 14.5. The molecule has 3 rings (SSSR count). The molecule has 1 aliphatic carbocycles. The number of carbonyl (C=O) groups is 1. The average molecular weight is 371 g/mol. The van der Waals surface area contributed by atoms with E-state index in [1.54, 1.807) is 17.5 Å². The Kier molecular flexibility index (Phi) is 5.94. The number of hydrogen-bond acceptors (Lipinski definition) is 4. The quantitative estimate of drug-likeness (QED) is 0.866. The first-order chi connectivity index (χ1) is 11.5. The second-order valence-corrected chi connectivity index (χ2v) is 9.83. The topological polar surface area (TPSA) is 66.5 Å². The molecular weight excluding hydrogens is 344 g/mol. The van der Waals surface area contributed by atoms with Crippen LogP contribution in [0.3, 0.4) is 0 Å². The van der Waals surface area contributed by atoms with Crippen LogP contribution < -0.4 is 4.72 Å². The van der Waals surface area contributed by atoms with Crippen LogP contribution in [0, 0.1) is 5.92 Å². The number of hydrogen-bond donors (Lipinski definition) is 1. The van der Waals surface area contributed by atoms with Crippen molar-refractivity contribution in [1.82, 2.24) is 9.62 Å². The molecule has 1 saturated carbocycles. The summed E-state index contributed by atoms with van der Waals surface area (Å²) in [6.45, 7) is 1.25. The van der Waals surface area contributed by atoms with Crippen LogP contribution in [-0.2, 0) is 14.8 Å². The van der Waals surface area contributed by atoms with Gasteiger partial charge in [0.25, 0.3) is 0 Å². The predicted molar refractivity (Wildman–Crippen MR) is 95.4 cm³/mol. The van der Waals surface area contributed by atoms with Crippen LogP contribution in [0.4, 0.5) is 0 Å². The maximum Gasteiger partial charge on any atom is 0.250 e. The predicted octanol–water partition coefficient (Wildman–Crippen LogP) is 2.99. The van der Waals surface area contributed by atoms with E-state index in [2.05, 4.69) is 4.72 Å². The smallest absolute Gasteiger partial charge is 0.250 e. The maximum absolute atomic E-state index is 12.6. The summed E-state index contributed by atoms with van der Waals surface area (Å²) in [7, 11) is -3.47. The van der Waals surface area contributed by atoms with E-state index in [1.807, 2.05) is 4.90 Å². The van der Waals surface area contributed by atoms with Crippen molar-refractivity contribution in [3.63, 3.8) is 0 Å². The summed E-state index contributed by atoms with van der Waals surface area (Å²) in [5.74, 6) is 0.728. The number of carbonyl (C=O) groups excluding carboxylic acids is 1. The van der Waals surface area contributed by atoms with Crippen LogP contribution in [0.1, 0.15) is 51.4 Å². The fraction of sp³-hybridized carbons (Fsp3) is 0.706. The molecule has 24 heavy (non-hydrogen) atoms. The minimum atomic E-state index is -3.47. The second-order valence-electron chi connectivity index (χ2n) is 6.94. The van der Waals surface area contributed by atoms with Crippen molar-refractivity contribution < 1.29 is 13.2 Å². The first-order valence-corrected chi connectivity index (χ1v) is 11.2. The minimum Gasteiger partial charge on any atom is -0.341 e. The van der Waals surface area contributed by atoms with Crippen molar-refractivity contribution in [2.45, 2.75) is 61.6 Å². The van der Waals surface area contributed by atoms with Crippen LogP contribution in [0.25, 0.3) is 0 Å². The van der Waals surface area contributed by atoms with Crippen molar-refractivity contribution in [2.24, 2.45) is 5.92 Å². The molecule has 0 bridgehead atoms. The van der Waals surface area contributed by atoms with Crippen molar-refractivity contribution in [3.05, 3.63) is 17.5 Å². The molecule has 1 aromatic rings. The Hall–Kier alpha value is -0.920. The van der Waals surface area contributed by atoms with Gasteiger partial charge < -0.3 is 4.90 Å². The van der Waals surface area contributed by atoms with Gasteiger partial charge in [-0.1, -0.05) is 25.3 Å². The third-order valence-electron chi connectivity index (χ3n) is 5.04. The zero-order valence-corrected chi connectivity index (χ0v) is 15.6. The Labute approximate surface area is 148 Å². The number of likely N-dealkylation sites (tertiary alicyclic amines) is 1. The summed E-state index contributed by atoms with van der Waals surface area (Å²) in [6.07, 6.45) is 8.12. The van der Waals surface area contributed by atoms with Gasteiger partial charge in [0.15, 0.2) is 0 Å². The zero-order chi connectivity index (χ0) is 17.0.